The molecule has 0 aromatic carbocycles. The molecule has 2 unspecified atom stereocenters. The molecule has 14 heteroatoms. The van der Waals surface area contributed by atoms with Crippen molar-refractivity contribution in [3.05, 3.63) is 30.1 Å². The van der Waals surface area contributed by atoms with Crippen LogP contribution in [0.4, 0.5) is 0 Å². The summed E-state index contributed by atoms with van der Waals surface area (Å²) in [6.07, 6.45) is -5.75. The van der Waals surface area contributed by atoms with Gasteiger partial charge in [-0.2, -0.15) is 0 Å². The molecule has 0 aliphatic heterocycles. The van der Waals surface area contributed by atoms with E-state index in [0.717, 1.165) is 5.56 Å². The number of hydrogen-bond donors (Lipinski definition) is 9. The van der Waals surface area contributed by atoms with E-state index in [4.69, 9.17) is 46.0 Å². The Kier molecular flexibility index (Phi) is 13.5. The number of carboxylic acid groups (broad SMARTS) is 4. The topological polar surface area (TPSA) is 263 Å². The Bertz CT molecular complexity index is 563. The lowest BCUT2D eigenvalue weighted by atomic mass is 10.2. The zero-order valence-electron chi connectivity index (χ0n) is 13.9. The van der Waals surface area contributed by atoms with Crippen LogP contribution in [-0.2, 0) is 25.8 Å². The van der Waals surface area contributed by atoms with Crippen LogP contribution in [0.2, 0.25) is 0 Å². The predicted octanol–water partition coefficient (Wildman–Crippen LogP) is -3.67. The van der Waals surface area contributed by atoms with Crippen LogP contribution in [0.15, 0.2) is 24.5 Å². The van der Waals surface area contributed by atoms with Crippen molar-refractivity contribution < 1.29 is 65.1 Å². The lowest BCUT2D eigenvalue weighted by molar-refractivity contribution is -0.165. The second kappa shape index (κ2) is 14.0. The highest BCUT2D eigenvalue weighted by Gasteiger charge is 2.30. The second-order valence-corrected chi connectivity index (χ2v) is 4.65. The van der Waals surface area contributed by atoms with Crippen LogP contribution in [0.25, 0.3) is 0 Å². The zero-order chi connectivity index (χ0) is 22.4. The van der Waals surface area contributed by atoms with Crippen LogP contribution >= 0.6 is 0 Å². The largest absolute Gasteiger partial charge is 0.479 e. The van der Waals surface area contributed by atoms with Crippen molar-refractivity contribution in [2.24, 2.45) is 0 Å². The summed E-state index contributed by atoms with van der Waals surface area (Å²) in [5.41, 5.74) is 0.854. The van der Waals surface area contributed by atoms with Gasteiger partial charge in [-0.1, -0.05) is 6.07 Å². The van der Waals surface area contributed by atoms with E-state index in [1.807, 2.05) is 6.07 Å². The van der Waals surface area contributed by atoms with Gasteiger partial charge < -0.3 is 46.0 Å². The number of aliphatic carboxylic acids is 4. The van der Waals surface area contributed by atoms with E-state index in [1.54, 1.807) is 18.5 Å². The van der Waals surface area contributed by atoms with Gasteiger partial charge >= 0.3 is 23.9 Å². The molecule has 1 aromatic heterocycles. The summed E-state index contributed by atoms with van der Waals surface area (Å²) in [7, 11) is 0. The third-order valence-corrected chi connectivity index (χ3v) is 2.52. The average Bonchev–Trinajstić information content (AvgIpc) is 2.66. The van der Waals surface area contributed by atoms with Crippen LogP contribution in [0.3, 0.4) is 0 Å². The van der Waals surface area contributed by atoms with E-state index in [2.05, 4.69) is 4.98 Å². The van der Waals surface area contributed by atoms with Crippen molar-refractivity contribution in [1.29, 1.82) is 0 Å². The number of nitrogens with zero attached hydrogens (tertiary/aromatic N) is 1. The van der Waals surface area contributed by atoms with Gasteiger partial charge in [-0.25, -0.2) is 19.2 Å². The van der Waals surface area contributed by atoms with E-state index in [1.165, 1.54) is 0 Å². The van der Waals surface area contributed by atoms with Gasteiger partial charge in [-0.05, 0) is 11.6 Å². The van der Waals surface area contributed by atoms with E-state index < -0.39 is 48.3 Å². The van der Waals surface area contributed by atoms with Crippen molar-refractivity contribution in [3.63, 3.8) is 0 Å². The molecule has 158 valence electrons. The molecule has 1 heterocycles. The van der Waals surface area contributed by atoms with Gasteiger partial charge in [0.25, 0.3) is 0 Å². The Hall–Kier alpha value is -3.17. The fraction of sp³-hybridized carbons (Fsp3) is 0.357. The normalized spacial score (nSPS) is 13.9. The minimum atomic E-state index is -2.27. The van der Waals surface area contributed by atoms with Crippen molar-refractivity contribution >= 4 is 23.9 Å². The molecule has 1 aromatic rings. The Morgan fingerprint density at radius 1 is 0.750 bits per heavy atom. The second-order valence-electron chi connectivity index (χ2n) is 4.65. The van der Waals surface area contributed by atoms with Crippen molar-refractivity contribution in [3.8, 4) is 0 Å². The molecule has 0 saturated carbocycles. The summed E-state index contributed by atoms with van der Waals surface area (Å²) < 4.78 is 0. The molecule has 0 spiro atoms. The number of hydrogen-bond acceptors (Lipinski definition) is 10. The fourth-order valence-corrected chi connectivity index (χ4v) is 1.03. The van der Waals surface area contributed by atoms with Gasteiger partial charge in [0.1, 0.15) is 0 Å². The zero-order valence-corrected chi connectivity index (χ0v) is 13.9. The maximum Gasteiger partial charge on any atom is 0.335 e. The Morgan fingerprint density at radius 3 is 1.21 bits per heavy atom. The SMILES string of the molecule is O=C(O)C(O)C(O)C(=O)O.O=C(O)[C@H](O)[C@@H](O)C(=O)O.OCc1cccnc1. The highest BCUT2D eigenvalue weighted by atomic mass is 16.4. The summed E-state index contributed by atoms with van der Waals surface area (Å²) in [5.74, 6) is -7.07. The predicted molar refractivity (Wildman–Crippen MR) is 84.7 cm³/mol. The minimum absolute atomic E-state index is 0.0772. The highest BCUT2D eigenvalue weighted by Crippen LogP contribution is 1.93. The fourth-order valence-electron chi connectivity index (χ4n) is 1.03. The maximum absolute atomic E-state index is 9.77. The first-order valence-electron chi connectivity index (χ1n) is 7.00. The van der Waals surface area contributed by atoms with Gasteiger partial charge in [0.15, 0.2) is 24.4 Å². The molecule has 0 bridgehead atoms. The summed E-state index contributed by atoms with van der Waals surface area (Å²) in [6, 6.07) is 3.62. The first-order chi connectivity index (χ1) is 12.9. The molecule has 0 fully saturated rings. The number of aromatic nitrogens is 1. The lowest BCUT2D eigenvalue weighted by Gasteiger charge is -2.07. The quantitative estimate of drug-likeness (QED) is 0.210. The third kappa shape index (κ3) is 11.4. The van der Waals surface area contributed by atoms with Crippen LogP contribution in [0.5, 0.6) is 0 Å². The Balaban J connectivity index is 0. The van der Waals surface area contributed by atoms with Crippen molar-refractivity contribution in [2.75, 3.05) is 0 Å². The van der Waals surface area contributed by atoms with E-state index in [0.29, 0.717) is 0 Å². The smallest absolute Gasteiger partial charge is 0.335 e. The van der Waals surface area contributed by atoms with E-state index in [-0.39, 0.29) is 6.61 Å². The first-order valence-corrected chi connectivity index (χ1v) is 7.00. The molecule has 0 saturated heterocycles. The molecular formula is C14H19NO13. The Labute approximate surface area is 156 Å². The van der Waals surface area contributed by atoms with Gasteiger partial charge in [0, 0.05) is 12.4 Å². The number of aliphatic hydroxyl groups excluding tert-OH is 5. The van der Waals surface area contributed by atoms with Crippen LogP contribution in [0, 0.1) is 0 Å². The van der Waals surface area contributed by atoms with E-state index >= 15 is 0 Å². The van der Waals surface area contributed by atoms with Crippen LogP contribution in [0.1, 0.15) is 5.56 Å². The molecule has 0 aliphatic rings. The number of carboxylic acids is 4. The lowest BCUT2D eigenvalue weighted by Crippen LogP contribution is -2.39. The minimum Gasteiger partial charge on any atom is -0.479 e. The number of aliphatic hydroxyl groups is 5. The molecule has 0 aliphatic carbocycles. The van der Waals surface area contributed by atoms with Gasteiger partial charge in [-0.3, -0.25) is 4.98 Å². The monoisotopic (exact) mass is 409 g/mol. The van der Waals surface area contributed by atoms with Crippen molar-refractivity contribution in [2.45, 2.75) is 31.0 Å². The van der Waals surface area contributed by atoms with Crippen LogP contribution < -0.4 is 0 Å². The van der Waals surface area contributed by atoms with E-state index in [9.17, 15) is 19.2 Å². The van der Waals surface area contributed by atoms with Gasteiger partial charge in [0.05, 0.1) is 6.61 Å². The summed E-state index contributed by atoms with van der Waals surface area (Å²) >= 11 is 0. The molecule has 0 amide bonds. The van der Waals surface area contributed by atoms with Gasteiger partial charge in [-0.15, -0.1) is 0 Å². The molecule has 9 N–H and O–H groups in total. The molecule has 1 rings (SSSR count). The number of carbonyl (C=O) groups is 4. The van der Waals surface area contributed by atoms with Gasteiger partial charge in [0.2, 0.25) is 0 Å². The van der Waals surface area contributed by atoms with Crippen LogP contribution in [-0.4, -0.2) is 99.2 Å². The number of rotatable bonds is 7. The molecule has 0 radical (unpaired) electrons. The summed E-state index contributed by atoms with van der Waals surface area (Å²) in [5, 5.41) is 73.5. The summed E-state index contributed by atoms with van der Waals surface area (Å²) in [6.45, 7) is 0.0772. The Morgan fingerprint density at radius 2 is 1.07 bits per heavy atom. The molecule has 4 atom stereocenters. The average molecular weight is 409 g/mol. The first kappa shape index (κ1) is 27.1. The number of pyridine rings is 1. The molecule has 28 heavy (non-hydrogen) atoms. The summed E-state index contributed by atoms with van der Waals surface area (Å²) in [4.78, 5) is 42.9. The maximum atomic E-state index is 9.77. The highest BCUT2D eigenvalue weighted by molar-refractivity contribution is 5.83. The standard InChI is InChI=1S/C6H7NO.2C4H6O6/c8-5-6-2-1-3-7-4-6;2*5-1(3(7)8)2(6)4(9)10/h1-4,8H,5H2;2*1-2,5-6H,(H,7,8)(H,9,10)/t;1-,2-;/m.1./s1. The molecular weight excluding hydrogens is 390 g/mol. The molecule has 14 nitrogen and oxygen atoms in total. The third-order valence-electron chi connectivity index (χ3n) is 2.52. The van der Waals surface area contributed by atoms with Crippen molar-refractivity contribution in [1.82, 2.24) is 4.98 Å².